The number of amides is 1. The first-order chi connectivity index (χ1) is 19.9. The maximum atomic E-state index is 12.7. The first-order valence-electron chi connectivity index (χ1n) is 13.2. The molecular formula is C29H28ClF3N4O4S. The SMILES string of the molecule is C[C@@H](OC1C=C(n2cnc3cc(OC(F)(F)F)ccc32)C=C(C(N)=O)C1=S)c1cccc(OC2CCN(C)CC2)c1Cl. The Morgan fingerprint density at radius 3 is 2.64 bits per heavy atom. The normalized spacial score (nSPS) is 19.4. The van der Waals surface area contributed by atoms with Crippen LogP contribution in [0.2, 0.25) is 5.02 Å². The van der Waals surface area contributed by atoms with Crippen molar-refractivity contribution >= 4 is 51.3 Å². The number of primary amides is 1. The van der Waals surface area contributed by atoms with Crippen molar-refractivity contribution in [3.8, 4) is 11.5 Å². The van der Waals surface area contributed by atoms with Gasteiger partial charge in [-0.25, -0.2) is 4.98 Å². The summed E-state index contributed by atoms with van der Waals surface area (Å²) in [6, 6.07) is 9.28. The lowest BCUT2D eigenvalue weighted by atomic mass is 9.98. The van der Waals surface area contributed by atoms with E-state index >= 15 is 0 Å². The van der Waals surface area contributed by atoms with Gasteiger partial charge in [0.2, 0.25) is 5.91 Å². The maximum absolute atomic E-state index is 12.7. The lowest BCUT2D eigenvalue weighted by molar-refractivity contribution is -0.274. The number of hydrogen-bond donors (Lipinski definition) is 1. The molecule has 1 saturated heterocycles. The molecule has 1 aliphatic heterocycles. The van der Waals surface area contributed by atoms with Crippen LogP contribution >= 0.6 is 23.8 Å². The third-order valence-electron chi connectivity index (χ3n) is 7.18. The zero-order valence-corrected chi connectivity index (χ0v) is 24.3. The van der Waals surface area contributed by atoms with Crippen molar-refractivity contribution in [2.24, 2.45) is 5.73 Å². The highest BCUT2D eigenvalue weighted by Gasteiger charge is 2.32. The van der Waals surface area contributed by atoms with Crippen LogP contribution in [0.1, 0.15) is 31.4 Å². The number of hydrogen-bond acceptors (Lipinski definition) is 7. The van der Waals surface area contributed by atoms with Gasteiger partial charge in [-0.1, -0.05) is 36.0 Å². The number of fused-ring (bicyclic) bond motifs is 1. The molecule has 5 rings (SSSR count). The van der Waals surface area contributed by atoms with Crippen LogP contribution in [0, 0.1) is 0 Å². The van der Waals surface area contributed by atoms with Crippen molar-refractivity contribution in [1.29, 1.82) is 0 Å². The molecule has 2 aliphatic rings. The number of carbonyl (C=O) groups excluding carboxylic acids is 1. The molecule has 1 aliphatic carbocycles. The van der Waals surface area contributed by atoms with Crippen LogP contribution in [-0.4, -0.2) is 63.9 Å². The van der Waals surface area contributed by atoms with Crippen LogP contribution in [-0.2, 0) is 9.53 Å². The molecule has 0 saturated carbocycles. The van der Waals surface area contributed by atoms with E-state index in [-0.39, 0.29) is 22.1 Å². The van der Waals surface area contributed by atoms with Gasteiger partial charge in [-0.2, -0.15) is 0 Å². The zero-order valence-electron chi connectivity index (χ0n) is 22.7. The topological polar surface area (TPSA) is 91.8 Å². The van der Waals surface area contributed by atoms with Crippen LogP contribution in [0.3, 0.4) is 0 Å². The molecule has 0 spiro atoms. The fourth-order valence-electron chi connectivity index (χ4n) is 5.00. The van der Waals surface area contributed by atoms with Gasteiger partial charge in [0, 0.05) is 30.4 Å². The van der Waals surface area contributed by atoms with Gasteiger partial charge in [-0.05, 0) is 57.2 Å². The van der Waals surface area contributed by atoms with Crippen LogP contribution in [0.4, 0.5) is 13.2 Å². The van der Waals surface area contributed by atoms with Gasteiger partial charge in [0.05, 0.1) is 32.6 Å². The second-order valence-electron chi connectivity index (χ2n) is 10.2. The molecule has 2 atom stereocenters. The number of halogens is 4. The number of rotatable bonds is 8. The number of thiocarbonyl (C=S) groups is 1. The minimum Gasteiger partial charge on any atom is -0.489 e. The summed E-state index contributed by atoms with van der Waals surface area (Å²) in [6.45, 7) is 3.70. The van der Waals surface area contributed by atoms with Crippen molar-refractivity contribution in [3.05, 3.63) is 71.0 Å². The number of carbonyl (C=O) groups is 1. The summed E-state index contributed by atoms with van der Waals surface area (Å²) in [5.74, 6) is -0.580. The third-order valence-corrected chi connectivity index (χ3v) is 8.03. The van der Waals surface area contributed by atoms with Crippen LogP contribution in [0.5, 0.6) is 11.5 Å². The van der Waals surface area contributed by atoms with E-state index in [9.17, 15) is 18.0 Å². The highest BCUT2D eigenvalue weighted by Crippen LogP contribution is 2.37. The largest absolute Gasteiger partial charge is 0.573 e. The summed E-state index contributed by atoms with van der Waals surface area (Å²) >= 11 is 12.3. The lowest BCUT2D eigenvalue weighted by Gasteiger charge is -2.30. The molecule has 2 N–H and O–H groups in total. The summed E-state index contributed by atoms with van der Waals surface area (Å²) in [5.41, 5.74) is 7.57. The Hall–Kier alpha value is -3.45. The van der Waals surface area contributed by atoms with E-state index in [0.717, 1.165) is 25.9 Å². The Morgan fingerprint density at radius 1 is 1.21 bits per heavy atom. The van der Waals surface area contributed by atoms with Gasteiger partial charge in [0.1, 0.15) is 30.0 Å². The third kappa shape index (κ3) is 6.62. The molecule has 222 valence electrons. The van der Waals surface area contributed by atoms with Crippen molar-refractivity contribution in [1.82, 2.24) is 14.5 Å². The van der Waals surface area contributed by atoms with Crippen LogP contribution in [0.25, 0.3) is 16.7 Å². The summed E-state index contributed by atoms with van der Waals surface area (Å²) < 4.78 is 56.2. The standard InChI is InChI=1S/C29H28ClF3N4O4S/c1-16(20-4-3-5-24(26(20)30)40-18-8-10-36(2)11-9-18)39-25-13-17(12-21(27(25)42)28(34)38)37-15-35-22-14-19(6-7-23(22)37)41-29(31,32)33/h3-7,12-16,18,25H,8-11H2,1-2H3,(H2,34,38)/t16-,25?/m1/s1. The molecular weight excluding hydrogens is 593 g/mol. The molecule has 0 radical (unpaired) electrons. The average Bonchev–Trinajstić information content (AvgIpc) is 3.34. The Balaban J connectivity index is 1.41. The number of benzene rings is 2. The Morgan fingerprint density at radius 2 is 1.95 bits per heavy atom. The lowest BCUT2D eigenvalue weighted by Crippen LogP contribution is -2.35. The number of ether oxygens (including phenoxy) is 3. The molecule has 1 fully saturated rings. The van der Waals surface area contributed by atoms with Crippen LogP contribution < -0.4 is 15.2 Å². The molecule has 2 aromatic carbocycles. The Labute approximate surface area is 250 Å². The zero-order chi connectivity index (χ0) is 30.2. The molecule has 13 heteroatoms. The number of aromatic nitrogens is 2. The van der Waals surface area contributed by atoms with Gasteiger partial charge in [-0.3, -0.25) is 9.36 Å². The molecule has 42 heavy (non-hydrogen) atoms. The smallest absolute Gasteiger partial charge is 0.489 e. The van der Waals surface area contributed by atoms with Gasteiger partial charge in [0.15, 0.2) is 0 Å². The highest BCUT2D eigenvalue weighted by molar-refractivity contribution is 7.81. The van der Waals surface area contributed by atoms with E-state index in [4.69, 9.17) is 39.0 Å². The molecule has 8 nitrogen and oxygen atoms in total. The molecule has 3 aromatic rings. The average molecular weight is 621 g/mol. The Bertz CT molecular complexity index is 1580. The number of nitrogens with two attached hydrogens (primary N) is 1. The van der Waals surface area contributed by atoms with E-state index < -0.39 is 30.2 Å². The van der Waals surface area contributed by atoms with Gasteiger partial charge in [0.25, 0.3) is 0 Å². The van der Waals surface area contributed by atoms with Crippen molar-refractivity contribution in [2.45, 2.75) is 44.4 Å². The van der Waals surface area contributed by atoms with Gasteiger partial charge < -0.3 is 24.8 Å². The number of imidazole rings is 1. The Kier molecular flexibility index (Phi) is 8.61. The van der Waals surface area contributed by atoms with Crippen LogP contribution in [0.15, 0.2) is 60.5 Å². The van der Waals surface area contributed by atoms with Gasteiger partial charge >= 0.3 is 6.36 Å². The van der Waals surface area contributed by atoms with E-state index in [0.29, 0.717) is 27.5 Å². The fraction of sp³-hybridized carbons (Fsp3) is 0.345. The van der Waals surface area contributed by atoms with Crippen molar-refractivity contribution in [3.63, 3.8) is 0 Å². The minimum absolute atomic E-state index is 0.0611. The summed E-state index contributed by atoms with van der Waals surface area (Å²) in [6.07, 6.45) is 0.219. The summed E-state index contributed by atoms with van der Waals surface area (Å²) in [7, 11) is 2.08. The van der Waals surface area contributed by atoms with E-state index in [1.165, 1.54) is 30.6 Å². The maximum Gasteiger partial charge on any atom is 0.573 e. The molecule has 1 aromatic heterocycles. The first-order valence-corrected chi connectivity index (χ1v) is 14.0. The second kappa shape index (κ2) is 12.0. The molecule has 2 heterocycles. The molecule has 1 unspecified atom stereocenters. The van der Waals surface area contributed by atoms with E-state index in [1.54, 1.807) is 10.6 Å². The summed E-state index contributed by atoms with van der Waals surface area (Å²) in [5, 5.41) is 0.429. The van der Waals surface area contributed by atoms with Gasteiger partial charge in [-0.15, -0.1) is 13.2 Å². The predicted molar refractivity (Wildman–Crippen MR) is 156 cm³/mol. The van der Waals surface area contributed by atoms with E-state index in [1.807, 2.05) is 25.1 Å². The monoisotopic (exact) mass is 620 g/mol. The number of nitrogens with zero attached hydrogens (tertiary/aromatic N) is 3. The first kappa shape index (κ1) is 30.0. The number of alkyl halides is 3. The van der Waals surface area contributed by atoms with Crippen molar-refractivity contribution < 1.29 is 32.2 Å². The number of piperidine rings is 1. The molecule has 0 bridgehead atoms. The molecule has 1 amide bonds. The van der Waals surface area contributed by atoms with Crippen molar-refractivity contribution in [2.75, 3.05) is 20.1 Å². The predicted octanol–water partition coefficient (Wildman–Crippen LogP) is 5.84. The minimum atomic E-state index is -4.83. The highest BCUT2D eigenvalue weighted by atomic mass is 35.5. The second-order valence-corrected chi connectivity index (χ2v) is 11.0. The quantitative estimate of drug-likeness (QED) is 0.316. The fourth-order valence-corrected chi connectivity index (χ4v) is 5.61. The van der Waals surface area contributed by atoms with E-state index in [2.05, 4.69) is 21.7 Å². The number of likely N-dealkylation sites (tertiary alicyclic amines) is 1. The number of allylic oxidation sites excluding steroid dienone is 2. The summed E-state index contributed by atoms with van der Waals surface area (Å²) in [4.78, 5) is 19.0.